The maximum absolute atomic E-state index is 12.9. The number of carbonyl (C=O) groups is 2. The molecule has 2 saturated heterocycles. The SMILES string of the molecule is O=C1NC(=O)[C@@]2(CC[C@@]3(O)[C@@H]4N(CCCc5ccccc5)CC45CC3(C2)c2cc(O)ccc25)N1. The maximum atomic E-state index is 12.9. The number of aryl methyl sites for hydroxylation is 1. The molecule has 5 atom stereocenters. The number of hydrogen-bond acceptors (Lipinski definition) is 5. The van der Waals surface area contributed by atoms with E-state index >= 15 is 0 Å². The molecule has 2 aromatic rings. The van der Waals surface area contributed by atoms with Crippen LogP contribution in [0.3, 0.4) is 0 Å². The molecular formula is C27H29N3O4. The first-order chi connectivity index (χ1) is 16.3. The van der Waals surface area contributed by atoms with Gasteiger partial charge in [0.15, 0.2) is 0 Å². The Balaban J connectivity index is 1.25. The number of aromatic hydroxyl groups is 1. The highest BCUT2D eigenvalue weighted by Gasteiger charge is 2.82. The molecule has 176 valence electrons. The number of nitrogens with one attached hydrogen (secondary N) is 2. The summed E-state index contributed by atoms with van der Waals surface area (Å²) in [5, 5.41) is 28.1. The van der Waals surface area contributed by atoms with Gasteiger partial charge < -0.3 is 15.5 Å². The Hall–Kier alpha value is -2.90. The van der Waals surface area contributed by atoms with Crippen molar-refractivity contribution in [3.8, 4) is 5.75 Å². The summed E-state index contributed by atoms with van der Waals surface area (Å²) in [7, 11) is 0. The van der Waals surface area contributed by atoms with Crippen LogP contribution in [-0.4, -0.2) is 57.3 Å². The van der Waals surface area contributed by atoms with Gasteiger partial charge in [0.1, 0.15) is 11.3 Å². The molecule has 0 aromatic heterocycles. The van der Waals surface area contributed by atoms with Gasteiger partial charge in [0.05, 0.1) is 11.6 Å². The van der Waals surface area contributed by atoms with Crippen molar-refractivity contribution in [2.75, 3.05) is 13.1 Å². The van der Waals surface area contributed by atoms with Crippen LogP contribution in [0.15, 0.2) is 48.5 Å². The summed E-state index contributed by atoms with van der Waals surface area (Å²) in [6, 6.07) is 15.6. The van der Waals surface area contributed by atoms with Crippen LogP contribution in [0.1, 0.15) is 48.8 Å². The van der Waals surface area contributed by atoms with Gasteiger partial charge >= 0.3 is 6.03 Å². The van der Waals surface area contributed by atoms with E-state index in [0.717, 1.165) is 37.9 Å². The van der Waals surface area contributed by atoms with Gasteiger partial charge in [-0.05, 0) is 73.9 Å². The summed E-state index contributed by atoms with van der Waals surface area (Å²) in [5.41, 5.74) is 0.632. The highest BCUT2D eigenvalue weighted by molar-refractivity contribution is 6.07. The van der Waals surface area contributed by atoms with E-state index in [0.29, 0.717) is 19.3 Å². The zero-order chi connectivity index (χ0) is 23.3. The number of amides is 3. The monoisotopic (exact) mass is 459 g/mol. The van der Waals surface area contributed by atoms with Crippen molar-refractivity contribution in [2.24, 2.45) is 0 Å². The second-order valence-electron chi connectivity index (χ2n) is 11.2. The fourth-order valence-corrected chi connectivity index (χ4v) is 8.52. The lowest BCUT2D eigenvalue weighted by Crippen LogP contribution is -2.76. The Morgan fingerprint density at radius 2 is 1.85 bits per heavy atom. The van der Waals surface area contributed by atoms with E-state index < -0.39 is 22.6 Å². The number of nitrogens with zero attached hydrogens (tertiary/aromatic N) is 1. The van der Waals surface area contributed by atoms with Crippen LogP contribution in [0.25, 0.3) is 0 Å². The van der Waals surface area contributed by atoms with Crippen LogP contribution in [-0.2, 0) is 22.0 Å². The number of rotatable bonds is 4. The third-order valence-corrected chi connectivity index (χ3v) is 9.63. The Labute approximate surface area is 198 Å². The summed E-state index contributed by atoms with van der Waals surface area (Å²) in [5.74, 6) is -0.120. The van der Waals surface area contributed by atoms with E-state index in [2.05, 4.69) is 39.8 Å². The Morgan fingerprint density at radius 3 is 2.62 bits per heavy atom. The highest BCUT2D eigenvalue weighted by atomic mass is 16.3. The molecule has 4 fully saturated rings. The molecule has 7 nitrogen and oxygen atoms in total. The fraction of sp³-hybridized carbons (Fsp3) is 0.481. The molecule has 7 rings (SSSR count). The lowest BCUT2D eigenvalue weighted by molar-refractivity contribution is -0.159. The van der Waals surface area contributed by atoms with Crippen molar-refractivity contribution in [1.29, 1.82) is 0 Å². The van der Waals surface area contributed by atoms with Crippen molar-refractivity contribution in [2.45, 2.75) is 66.5 Å². The predicted molar refractivity (Wildman–Crippen MR) is 124 cm³/mol. The van der Waals surface area contributed by atoms with Gasteiger partial charge in [-0.15, -0.1) is 0 Å². The second kappa shape index (κ2) is 6.40. The van der Waals surface area contributed by atoms with Gasteiger partial charge in [-0.2, -0.15) is 0 Å². The highest BCUT2D eigenvalue weighted by Crippen LogP contribution is 2.74. The molecule has 34 heavy (non-hydrogen) atoms. The molecule has 7 heteroatoms. The lowest BCUT2D eigenvalue weighted by Gasteiger charge is -2.63. The quantitative estimate of drug-likeness (QED) is 0.525. The number of fused-ring (bicyclic) bond motifs is 2. The first kappa shape index (κ1) is 20.5. The number of phenolic OH excluding ortho intramolecular Hbond substituents is 1. The number of likely N-dealkylation sites (tertiary alicyclic amines) is 1. The van der Waals surface area contributed by atoms with Crippen molar-refractivity contribution in [3.63, 3.8) is 0 Å². The van der Waals surface area contributed by atoms with Gasteiger partial charge in [-0.1, -0.05) is 36.4 Å². The van der Waals surface area contributed by atoms with Gasteiger partial charge in [0, 0.05) is 17.4 Å². The minimum absolute atomic E-state index is 0.00895. The molecule has 0 radical (unpaired) electrons. The summed E-state index contributed by atoms with van der Waals surface area (Å²) in [6.45, 7) is 1.79. The van der Waals surface area contributed by atoms with E-state index in [9.17, 15) is 19.8 Å². The number of aliphatic hydroxyl groups is 1. The maximum Gasteiger partial charge on any atom is 0.322 e. The van der Waals surface area contributed by atoms with Crippen LogP contribution in [0.2, 0.25) is 0 Å². The van der Waals surface area contributed by atoms with Crippen molar-refractivity contribution >= 4 is 11.9 Å². The molecular weight excluding hydrogens is 430 g/mol. The zero-order valence-corrected chi connectivity index (χ0v) is 19.0. The predicted octanol–water partition coefficient (Wildman–Crippen LogP) is 2.10. The third kappa shape index (κ3) is 2.29. The molecule has 5 aliphatic rings. The van der Waals surface area contributed by atoms with E-state index in [1.165, 1.54) is 11.1 Å². The fourth-order valence-electron chi connectivity index (χ4n) is 8.52. The van der Waals surface area contributed by atoms with Gasteiger partial charge in [-0.25, -0.2) is 4.79 Å². The van der Waals surface area contributed by atoms with E-state index in [1.807, 2.05) is 12.1 Å². The molecule has 2 aromatic carbocycles. The topological polar surface area (TPSA) is 102 Å². The van der Waals surface area contributed by atoms with Gasteiger partial charge in [0.25, 0.3) is 5.91 Å². The number of hydrogen-bond donors (Lipinski definition) is 4. The zero-order valence-electron chi connectivity index (χ0n) is 19.0. The number of carbonyl (C=O) groups excluding carboxylic acids is 2. The molecule has 3 aliphatic carbocycles. The molecule has 2 heterocycles. The minimum atomic E-state index is -1.00. The molecule has 4 N–H and O–H groups in total. The van der Waals surface area contributed by atoms with Gasteiger partial charge in [-0.3, -0.25) is 15.0 Å². The summed E-state index contributed by atoms with van der Waals surface area (Å²) >= 11 is 0. The number of benzene rings is 2. The molecule has 2 bridgehead atoms. The second-order valence-corrected chi connectivity index (χ2v) is 11.2. The summed E-state index contributed by atoms with van der Waals surface area (Å²) < 4.78 is 0. The first-order valence-corrected chi connectivity index (χ1v) is 12.3. The van der Waals surface area contributed by atoms with E-state index in [-0.39, 0.29) is 23.1 Å². The normalized spacial score (nSPS) is 39.3. The Bertz CT molecular complexity index is 1230. The summed E-state index contributed by atoms with van der Waals surface area (Å²) in [6.07, 6.45) is 3.99. The van der Waals surface area contributed by atoms with Crippen LogP contribution in [0.5, 0.6) is 5.75 Å². The Kier molecular flexibility index (Phi) is 3.85. The standard InChI is InChI=1S/C27H29N3O4/c31-18-8-9-19-20(13-18)25-14-24(19)16-30(12-4-7-17-5-2-1-3-6-17)21(24)27(25,34)11-10-26(15-25)22(32)28-23(33)29-26/h1-3,5-6,8-9,13,21,31,34H,4,7,10-12,14-16H2,(H2,28,29,32,33)/t21-,24?,25?,26+,27-/m1/s1. The van der Waals surface area contributed by atoms with Crippen molar-refractivity contribution in [1.82, 2.24) is 15.5 Å². The minimum Gasteiger partial charge on any atom is -0.508 e. The van der Waals surface area contributed by atoms with Crippen LogP contribution < -0.4 is 10.6 Å². The van der Waals surface area contributed by atoms with E-state index in [1.54, 1.807) is 12.1 Å². The largest absolute Gasteiger partial charge is 0.508 e. The summed E-state index contributed by atoms with van der Waals surface area (Å²) in [4.78, 5) is 27.4. The van der Waals surface area contributed by atoms with Crippen molar-refractivity contribution in [3.05, 3.63) is 65.2 Å². The smallest absolute Gasteiger partial charge is 0.322 e. The van der Waals surface area contributed by atoms with Crippen LogP contribution in [0.4, 0.5) is 4.79 Å². The van der Waals surface area contributed by atoms with Crippen LogP contribution >= 0.6 is 0 Å². The van der Waals surface area contributed by atoms with Crippen LogP contribution in [0, 0.1) is 0 Å². The van der Waals surface area contributed by atoms with Gasteiger partial charge in [0.2, 0.25) is 0 Å². The number of imide groups is 1. The third-order valence-electron chi connectivity index (χ3n) is 9.63. The molecule has 2 unspecified atom stereocenters. The van der Waals surface area contributed by atoms with E-state index in [4.69, 9.17) is 0 Å². The molecule has 3 amide bonds. The molecule has 2 saturated carbocycles. The molecule has 2 aliphatic heterocycles. The first-order valence-electron chi connectivity index (χ1n) is 12.3. The van der Waals surface area contributed by atoms with Crippen molar-refractivity contribution < 1.29 is 19.8 Å². The number of urea groups is 1. The average Bonchev–Trinajstić information content (AvgIpc) is 3.30. The molecule has 3 spiro atoms. The average molecular weight is 460 g/mol. The Morgan fingerprint density at radius 1 is 1.03 bits per heavy atom. The number of phenols is 1. The lowest BCUT2D eigenvalue weighted by atomic mass is 9.52.